The van der Waals surface area contributed by atoms with E-state index in [1.807, 2.05) is 30.3 Å². The summed E-state index contributed by atoms with van der Waals surface area (Å²) in [6.45, 7) is 0. The molecule has 0 radical (unpaired) electrons. The topological polar surface area (TPSA) is 89.3 Å². The molecular weight excluding hydrogens is 360 g/mol. The predicted molar refractivity (Wildman–Crippen MR) is 107 cm³/mol. The SMILES string of the molecule is Nc1ccc(S(=O)(=O)c2ccc(NC(=O)/C=C/c3ccccc3)cc2)cc1. The average Bonchev–Trinajstić information content (AvgIpc) is 2.68. The van der Waals surface area contributed by atoms with Crippen LogP contribution in [0, 0.1) is 0 Å². The zero-order valence-electron chi connectivity index (χ0n) is 14.4. The minimum atomic E-state index is -3.63. The van der Waals surface area contributed by atoms with Crippen molar-refractivity contribution in [1.82, 2.24) is 0 Å². The zero-order valence-corrected chi connectivity index (χ0v) is 15.2. The number of anilines is 2. The largest absolute Gasteiger partial charge is 0.399 e. The second-order valence-electron chi connectivity index (χ2n) is 5.83. The summed E-state index contributed by atoms with van der Waals surface area (Å²) in [6.07, 6.45) is 3.13. The van der Waals surface area contributed by atoms with Gasteiger partial charge in [-0.15, -0.1) is 0 Å². The second kappa shape index (κ2) is 7.88. The Morgan fingerprint density at radius 1 is 0.815 bits per heavy atom. The third-order valence-electron chi connectivity index (χ3n) is 3.85. The monoisotopic (exact) mass is 378 g/mol. The van der Waals surface area contributed by atoms with Crippen LogP contribution in [0.1, 0.15) is 5.56 Å². The van der Waals surface area contributed by atoms with E-state index in [0.717, 1.165) is 5.56 Å². The quantitative estimate of drug-likeness (QED) is 0.523. The Labute approximate surface area is 158 Å². The summed E-state index contributed by atoms with van der Waals surface area (Å²) in [5.74, 6) is -0.298. The second-order valence-corrected chi connectivity index (χ2v) is 7.78. The number of nitrogen functional groups attached to an aromatic ring is 1. The molecule has 0 heterocycles. The summed E-state index contributed by atoms with van der Waals surface area (Å²) in [5.41, 5.74) is 7.51. The molecule has 0 aliphatic carbocycles. The Kier molecular flexibility index (Phi) is 5.38. The van der Waals surface area contributed by atoms with E-state index < -0.39 is 9.84 Å². The Balaban J connectivity index is 1.70. The van der Waals surface area contributed by atoms with Gasteiger partial charge in [0.25, 0.3) is 0 Å². The standard InChI is InChI=1S/C21H18N2O3S/c22-17-7-11-19(12-8-17)27(25,26)20-13-9-18(10-14-20)23-21(24)15-6-16-4-2-1-3-5-16/h1-15H,22H2,(H,23,24)/b15-6+. The van der Waals surface area contributed by atoms with Crippen LogP contribution in [0.3, 0.4) is 0 Å². The molecule has 5 nitrogen and oxygen atoms in total. The van der Waals surface area contributed by atoms with E-state index >= 15 is 0 Å². The lowest BCUT2D eigenvalue weighted by Gasteiger charge is -2.07. The van der Waals surface area contributed by atoms with E-state index in [2.05, 4.69) is 5.32 Å². The molecule has 0 fully saturated rings. The normalized spacial score (nSPS) is 11.4. The van der Waals surface area contributed by atoms with E-state index in [-0.39, 0.29) is 15.7 Å². The van der Waals surface area contributed by atoms with Crippen molar-refractivity contribution >= 4 is 33.2 Å². The summed E-state index contributed by atoms with van der Waals surface area (Å²) < 4.78 is 25.2. The molecule has 0 atom stereocenters. The highest BCUT2D eigenvalue weighted by atomic mass is 32.2. The van der Waals surface area contributed by atoms with Gasteiger partial charge in [0.15, 0.2) is 0 Å². The van der Waals surface area contributed by atoms with Crippen LogP contribution in [0.15, 0.2) is 94.7 Å². The summed E-state index contributed by atoms with van der Waals surface area (Å²) in [4.78, 5) is 12.3. The first-order chi connectivity index (χ1) is 12.9. The number of hydrogen-bond acceptors (Lipinski definition) is 4. The highest BCUT2D eigenvalue weighted by Crippen LogP contribution is 2.23. The van der Waals surface area contributed by atoms with Gasteiger partial charge < -0.3 is 11.1 Å². The lowest BCUT2D eigenvalue weighted by atomic mass is 10.2. The number of sulfone groups is 1. The molecule has 0 unspecified atom stereocenters. The molecule has 3 aromatic rings. The molecule has 0 aliphatic rings. The van der Waals surface area contributed by atoms with Crippen LogP contribution in [0.25, 0.3) is 6.08 Å². The highest BCUT2D eigenvalue weighted by Gasteiger charge is 2.17. The minimum Gasteiger partial charge on any atom is -0.399 e. The van der Waals surface area contributed by atoms with Crippen molar-refractivity contribution in [3.63, 3.8) is 0 Å². The first-order valence-electron chi connectivity index (χ1n) is 8.20. The molecule has 0 saturated heterocycles. The molecule has 6 heteroatoms. The summed E-state index contributed by atoms with van der Waals surface area (Å²) in [7, 11) is -3.63. The number of rotatable bonds is 5. The van der Waals surface area contributed by atoms with Crippen LogP contribution in [-0.4, -0.2) is 14.3 Å². The number of carbonyl (C=O) groups excluding carboxylic acids is 1. The van der Waals surface area contributed by atoms with Crippen molar-refractivity contribution in [2.24, 2.45) is 0 Å². The molecule has 0 saturated carbocycles. The number of nitrogens with two attached hydrogens (primary N) is 1. The Bertz CT molecular complexity index is 1060. The third-order valence-corrected chi connectivity index (χ3v) is 5.63. The van der Waals surface area contributed by atoms with Gasteiger partial charge in [0.1, 0.15) is 0 Å². The van der Waals surface area contributed by atoms with Crippen LogP contribution in [0.4, 0.5) is 11.4 Å². The van der Waals surface area contributed by atoms with Gasteiger partial charge in [-0.05, 0) is 60.2 Å². The maximum atomic E-state index is 12.6. The number of hydrogen-bond donors (Lipinski definition) is 2. The van der Waals surface area contributed by atoms with Gasteiger partial charge in [0, 0.05) is 17.5 Å². The fourth-order valence-electron chi connectivity index (χ4n) is 2.42. The molecule has 3 N–H and O–H groups in total. The molecule has 3 aromatic carbocycles. The van der Waals surface area contributed by atoms with Crippen molar-refractivity contribution in [3.05, 3.63) is 90.5 Å². The lowest BCUT2D eigenvalue weighted by molar-refractivity contribution is -0.111. The molecule has 0 spiro atoms. The fourth-order valence-corrected chi connectivity index (χ4v) is 3.68. The molecule has 3 rings (SSSR count). The van der Waals surface area contributed by atoms with E-state index in [1.54, 1.807) is 30.3 Å². The van der Waals surface area contributed by atoms with Crippen LogP contribution in [0.5, 0.6) is 0 Å². The van der Waals surface area contributed by atoms with E-state index in [4.69, 9.17) is 5.73 Å². The van der Waals surface area contributed by atoms with Crippen molar-refractivity contribution in [1.29, 1.82) is 0 Å². The maximum Gasteiger partial charge on any atom is 0.248 e. The summed E-state index contributed by atoms with van der Waals surface area (Å²) >= 11 is 0. The highest BCUT2D eigenvalue weighted by molar-refractivity contribution is 7.91. The van der Waals surface area contributed by atoms with E-state index in [9.17, 15) is 13.2 Å². The van der Waals surface area contributed by atoms with Gasteiger partial charge in [-0.3, -0.25) is 4.79 Å². The molecule has 0 aliphatic heterocycles. The third kappa shape index (κ3) is 4.62. The van der Waals surface area contributed by atoms with Gasteiger partial charge in [0.2, 0.25) is 15.7 Å². The van der Waals surface area contributed by atoms with Gasteiger partial charge in [-0.25, -0.2) is 8.42 Å². The molecule has 27 heavy (non-hydrogen) atoms. The van der Waals surface area contributed by atoms with Gasteiger partial charge in [-0.1, -0.05) is 30.3 Å². The molecule has 0 bridgehead atoms. The van der Waals surface area contributed by atoms with Gasteiger partial charge >= 0.3 is 0 Å². The molecule has 136 valence electrons. The van der Waals surface area contributed by atoms with Crippen LogP contribution < -0.4 is 11.1 Å². The molecule has 0 aromatic heterocycles. The summed E-state index contributed by atoms with van der Waals surface area (Å²) in [5, 5.41) is 2.70. The number of nitrogens with one attached hydrogen (secondary N) is 1. The molecular formula is C21H18N2O3S. The number of carbonyl (C=O) groups is 1. The smallest absolute Gasteiger partial charge is 0.248 e. The van der Waals surface area contributed by atoms with Crippen molar-refractivity contribution in [3.8, 4) is 0 Å². The minimum absolute atomic E-state index is 0.144. The Morgan fingerprint density at radius 3 is 1.96 bits per heavy atom. The first kappa shape index (κ1) is 18.4. The van der Waals surface area contributed by atoms with Gasteiger partial charge in [-0.2, -0.15) is 0 Å². The molecule has 1 amide bonds. The number of amides is 1. The van der Waals surface area contributed by atoms with Crippen LogP contribution >= 0.6 is 0 Å². The zero-order chi connectivity index (χ0) is 19.3. The Morgan fingerprint density at radius 2 is 1.37 bits per heavy atom. The Hall–Kier alpha value is -3.38. The maximum absolute atomic E-state index is 12.6. The fraction of sp³-hybridized carbons (Fsp3) is 0. The van der Waals surface area contributed by atoms with Crippen molar-refractivity contribution < 1.29 is 13.2 Å². The van der Waals surface area contributed by atoms with Crippen molar-refractivity contribution in [2.45, 2.75) is 9.79 Å². The first-order valence-corrected chi connectivity index (χ1v) is 9.68. The predicted octanol–water partition coefficient (Wildman–Crippen LogP) is 3.75. The summed E-state index contributed by atoms with van der Waals surface area (Å²) in [6, 6.07) is 21.5. The average molecular weight is 378 g/mol. The van der Waals surface area contributed by atoms with E-state index in [1.165, 1.54) is 30.3 Å². The van der Waals surface area contributed by atoms with Crippen LogP contribution in [0.2, 0.25) is 0 Å². The van der Waals surface area contributed by atoms with E-state index in [0.29, 0.717) is 11.4 Å². The van der Waals surface area contributed by atoms with Crippen molar-refractivity contribution in [2.75, 3.05) is 11.1 Å². The van der Waals surface area contributed by atoms with Crippen LogP contribution in [-0.2, 0) is 14.6 Å². The lowest BCUT2D eigenvalue weighted by Crippen LogP contribution is -2.08. The number of benzene rings is 3. The van der Waals surface area contributed by atoms with Gasteiger partial charge in [0.05, 0.1) is 9.79 Å².